The molecule has 0 spiro atoms. The van der Waals surface area contributed by atoms with Crippen molar-refractivity contribution in [2.75, 3.05) is 17.2 Å². The van der Waals surface area contributed by atoms with Crippen LogP contribution in [0.4, 0.5) is 5.82 Å². The second kappa shape index (κ2) is 11.5. The Morgan fingerprint density at radius 2 is 1.83 bits per heavy atom. The molecule has 8 heteroatoms. The van der Waals surface area contributed by atoms with Crippen molar-refractivity contribution in [2.24, 2.45) is 0 Å². The van der Waals surface area contributed by atoms with E-state index < -0.39 is 0 Å². The summed E-state index contributed by atoms with van der Waals surface area (Å²) in [4.78, 5) is 33.0. The lowest BCUT2D eigenvalue weighted by Crippen LogP contribution is -2.42. The quantitative estimate of drug-likeness (QED) is 0.310. The Bertz CT molecular complexity index is 1590. The van der Waals surface area contributed by atoms with Crippen LogP contribution in [0.2, 0.25) is 0 Å². The van der Waals surface area contributed by atoms with Crippen molar-refractivity contribution in [3.05, 3.63) is 106 Å². The number of hydrogen-bond acceptors (Lipinski definition) is 5. The lowest BCUT2D eigenvalue weighted by molar-refractivity contribution is -0.123. The normalized spacial score (nSPS) is 15.4. The highest BCUT2D eigenvalue weighted by Gasteiger charge is 2.40. The number of anilines is 1. The second-order valence-electron chi connectivity index (χ2n) is 11.7. The Labute approximate surface area is 246 Å². The molecule has 1 atom stereocenters. The maximum absolute atomic E-state index is 13.9. The molecule has 1 aliphatic heterocycles. The first kappa shape index (κ1) is 28.6. The molecule has 0 radical (unpaired) electrons. The van der Waals surface area contributed by atoms with E-state index in [1.807, 2.05) is 28.9 Å². The van der Waals surface area contributed by atoms with Crippen LogP contribution in [0.5, 0.6) is 0 Å². The van der Waals surface area contributed by atoms with Gasteiger partial charge < -0.3 is 5.32 Å². The van der Waals surface area contributed by atoms with Gasteiger partial charge in [0.2, 0.25) is 11.8 Å². The largest absolute Gasteiger partial charge is 0.350 e. The fraction of sp³-hybridized carbons (Fsp3) is 0.333. The van der Waals surface area contributed by atoms with E-state index in [4.69, 9.17) is 5.10 Å². The first-order valence-corrected chi connectivity index (χ1v) is 14.9. The van der Waals surface area contributed by atoms with Gasteiger partial charge in [0, 0.05) is 29.9 Å². The molecule has 0 aliphatic carbocycles. The van der Waals surface area contributed by atoms with Gasteiger partial charge in [-0.2, -0.15) is 5.10 Å². The van der Waals surface area contributed by atoms with E-state index in [2.05, 4.69) is 82.2 Å². The Kier molecular flexibility index (Phi) is 8.04. The zero-order chi connectivity index (χ0) is 29.3. The van der Waals surface area contributed by atoms with E-state index in [1.54, 1.807) is 29.1 Å². The molecule has 0 saturated heterocycles. The van der Waals surface area contributed by atoms with Crippen molar-refractivity contribution in [1.82, 2.24) is 20.1 Å². The number of nitrogens with zero attached hydrogens (tertiary/aromatic N) is 4. The Hall–Kier alpha value is -3.91. The number of hydrogen-bond donors (Lipinski definition) is 1. The topological polar surface area (TPSA) is 80.1 Å². The summed E-state index contributed by atoms with van der Waals surface area (Å²) in [5.74, 6) is 0.565. The minimum Gasteiger partial charge on any atom is -0.350 e. The number of aromatic nitrogens is 3. The summed E-state index contributed by atoms with van der Waals surface area (Å²) in [5, 5.41) is 8.08. The Balaban J connectivity index is 1.69. The SMILES string of the molecule is Cc1ccc(-n2nc(C(C)(C)C)c3c2N(CC(=O)NCc2cccnc2)C(=O)CS[C@H]3c2ccccc2C)c(C)c1. The number of aryl methyl sites for hydroxylation is 3. The maximum atomic E-state index is 13.9. The third-order valence-corrected chi connectivity index (χ3v) is 8.60. The van der Waals surface area contributed by atoms with Crippen LogP contribution in [0.3, 0.4) is 0 Å². The zero-order valence-corrected chi connectivity index (χ0v) is 25.4. The van der Waals surface area contributed by atoms with Crippen LogP contribution in [0.25, 0.3) is 5.69 Å². The number of fused-ring (bicyclic) bond motifs is 1. The van der Waals surface area contributed by atoms with E-state index in [9.17, 15) is 9.59 Å². The van der Waals surface area contributed by atoms with Gasteiger partial charge in [-0.25, -0.2) is 4.68 Å². The number of carbonyl (C=O) groups is 2. The minimum absolute atomic E-state index is 0.104. The monoisotopic (exact) mass is 567 g/mol. The van der Waals surface area contributed by atoms with E-state index >= 15 is 0 Å². The highest BCUT2D eigenvalue weighted by molar-refractivity contribution is 8.00. The maximum Gasteiger partial charge on any atom is 0.240 e. The third-order valence-electron chi connectivity index (χ3n) is 7.37. The lowest BCUT2D eigenvalue weighted by Gasteiger charge is -2.25. The molecule has 1 N–H and O–H groups in total. The molecule has 5 rings (SSSR count). The predicted octanol–water partition coefficient (Wildman–Crippen LogP) is 5.98. The van der Waals surface area contributed by atoms with Crippen molar-refractivity contribution >= 4 is 29.4 Å². The van der Waals surface area contributed by atoms with Gasteiger partial charge in [-0.1, -0.05) is 68.8 Å². The third kappa shape index (κ3) is 5.93. The molecular formula is C33H37N5O2S. The van der Waals surface area contributed by atoms with Crippen LogP contribution in [0.1, 0.15) is 65.1 Å². The van der Waals surface area contributed by atoms with Gasteiger partial charge in [-0.05, 0) is 55.2 Å². The van der Waals surface area contributed by atoms with E-state index in [-0.39, 0.29) is 34.8 Å². The molecular weight excluding hydrogens is 530 g/mol. The Morgan fingerprint density at radius 1 is 1.05 bits per heavy atom. The summed E-state index contributed by atoms with van der Waals surface area (Å²) in [6.45, 7) is 12.9. The van der Waals surface area contributed by atoms with Crippen molar-refractivity contribution in [3.8, 4) is 5.69 Å². The lowest BCUT2D eigenvalue weighted by atomic mass is 9.86. The van der Waals surface area contributed by atoms with Crippen molar-refractivity contribution in [1.29, 1.82) is 0 Å². The van der Waals surface area contributed by atoms with E-state index in [1.165, 1.54) is 0 Å². The molecule has 0 bridgehead atoms. The van der Waals surface area contributed by atoms with Crippen LogP contribution in [0.15, 0.2) is 67.0 Å². The standard InChI is InChI=1S/C33H37N5O2S/c1-21-13-14-26(23(3)16-21)38-32-29(31(36-38)33(4,5)6)30(25-12-8-7-10-22(25)2)41-20-28(40)37(32)19-27(39)35-18-24-11-9-15-34-17-24/h7-17,30H,18-20H2,1-6H3,(H,35,39)/t30-/m0/s1. The number of benzene rings is 2. The molecule has 212 valence electrons. The molecule has 3 heterocycles. The summed E-state index contributed by atoms with van der Waals surface area (Å²) in [5.41, 5.74) is 7.90. The fourth-order valence-corrected chi connectivity index (χ4v) is 6.61. The molecule has 7 nitrogen and oxygen atoms in total. The molecule has 41 heavy (non-hydrogen) atoms. The summed E-state index contributed by atoms with van der Waals surface area (Å²) >= 11 is 1.60. The molecule has 0 unspecified atom stereocenters. The van der Waals surface area contributed by atoms with Crippen LogP contribution < -0.4 is 10.2 Å². The number of amides is 2. The van der Waals surface area contributed by atoms with Crippen LogP contribution in [0, 0.1) is 20.8 Å². The van der Waals surface area contributed by atoms with Gasteiger partial charge in [-0.3, -0.25) is 19.5 Å². The summed E-state index contributed by atoms with van der Waals surface area (Å²) in [7, 11) is 0. The van der Waals surface area contributed by atoms with Gasteiger partial charge in [-0.15, -0.1) is 11.8 Å². The molecule has 2 amide bonds. The van der Waals surface area contributed by atoms with Crippen LogP contribution >= 0.6 is 11.8 Å². The predicted molar refractivity (Wildman–Crippen MR) is 166 cm³/mol. The summed E-state index contributed by atoms with van der Waals surface area (Å²) < 4.78 is 1.90. The van der Waals surface area contributed by atoms with Gasteiger partial charge >= 0.3 is 0 Å². The van der Waals surface area contributed by atoms with Crippen molar-refractivity contribution in [2.45, 2.75) is 58.8 Å². The van der Waals surface area contributed by atoms with Crippen molar-refractivity contribution in [3.63, 3.8) is 0 Å². The number of rotatable bonds is 6. The molecule has 0 saturated carbocycles. The van der Waals surface area contributed by atoms with E-state index in [0.29, 0.717) is 12.4 Å². The first-order valence-electron chi connectivity index (χ1n) is 13.9. The number of nitrogens with one attached hydrogen (secondary N) is 1. The number of pyridine rings is 1. The van der Waals surface area contributed by atoms with Gasteiger partial charge in [0.1, 0.15) is 12.4 Å². The number of thioether (sulfide) groups is 1. The smallest absolute Gasteiger partial charge is 0.240 e. The molecule has 2 aromatic carbocycles. The molecule has 2 aromatic heterocycles. The molecule has 1 aliphatic rings. The van der Waals surface area contributed by atoms with Gasteiger partial charge in [0.25, 0.3) is 0 Å². The average molecular weight is 568 g/mol. The second-order valence-corrected chi connectivity index (χ2v) is 12.8. The fourth-order valence-electron chi connectivity index (χ4n) is 5.31. The summed E-state index contributed by atoms with van der Waals surface area (Å²) in [6, 6.07) is 18.3. The first-order chi connectivity index (χ1) is 19.5. The zero-order valence-electron chi connectivity index (χ0n) is 24.6. The molecule has 4 aromatic rings. The van der Waals surface area contributed by atoms with Crippen LogP contribution in [-0.2, 0) is 21.5 Å². The minimum atomic E-state index is -0.308. The van der Waals surface area contributed by atoms with Gasteiger partial charge in [0.05, 0.1) is 22.4 Å². The Morgan fingerprint density at radius 3 is 2.51 bits per heavy atom. The van der Waals surface area contributed by atoms with Crippen LogP contribution in [-0.4, -0.2) is 38.9 Å². The van der Waals surface area contributed by atoms with E-state index in [0.717, 1.165) is 44.8 Å². The average Bonchev–Trinajstić information content (AvgIpc) is 3.26. The van der Waals surface area contributed by atoms with Gasteiger partial charge in [0.15, 0.2) is 0 Å². The number of carbonyl (C=O) groups excluding carboxylic acids is 2. The molecule has 0 fully saturated rings. The highest BCUT2D eigenvalue weighted by atomic mass is 32.2. The highest BCUT2D eigenvalue weighted by Crippen LogP contribution is 2.49. The van der Waals surface area contributed by atoms with Crippen molar-refractivity contribution < 1.29 is 9.59 Å². The summed E-state index contributed by atoms with van der Waals surface area (Å²) in [6.07, 6.45) is 3.43.